The SMILES string of the molecule is CO[PH](=O)N=[N+]=[N-]. The summed E-state index contributed by atoms with van der Waals surface area (Å²) in [5, 5.41) is 0. The van der Waals surface area contributed by atoms with E-state index in [0.29, 0.717) is 0 Å². The predicted molar refractivity (Wildman–Crippen MR) is 25.2 cm³/mol. The van der Waals surface area contributed by atoms with Gasteiger partial charge in [0.05, 0.1) is 0 Å². The predicted octanol–water partition coefficient (Wildman–Crippen LogP) is 1.33. The van der Waals surface area contributed by atoms with Gasteiger partial charge in [0.15, 0.2) is 0 Å². The first-order chi connectivity index (χ1) is 3.31. The number of hydrogen-bond acceptors (Lipinski definition) is 2. The first kappa shape index (κ1) is 6.50. The van der Waals surface area contributed by atoms with E-state index in [2.05, 4.69) is 14.3 Å². The molecule has 7 heavy (non-hydrogen) atoms. The van der Waals surface area contributed by atoms with Gasteiger partial charge in [-0.15, -0.1) is 0 Å². The largest absolute Gasteiger partial charge is 0.329 e. The molecule has 0 aromatic rings. The lowest BCUT2D eigenvalue weighted by Gasteiger charge is -1.80. The molecule has 1 unspecified atom stereocenters. The van der Waals surface area contributed by atoms with Crippen molar-refractivity contribution in [2.24, 2.45) is 4.88 Å². The van der Waals surface area contributed by atoms with E-state index in [-0.39, 0.29) is 0 Å². The fourth-order valence-electron chi connectivity index (χ4n) is 0.0773. The molecule has 5 nitrogen and oxygen atoms in total. The second-order valence-electron chi connectivity index (χ2n) is 0.659. The Morgan fingerprint density at radius 3 is 2.71 bits per heavy atom. The van der Waals surface area contributed by atoms with E-state index in [0.717, 1.165) is 0 Å². The van der Waals surface area contributed by atoms with Gasteiger partial charge in [-0.2, -0.15) is 0 Å². The Kier molecular flexibility index (Phi) is 3.42. The zero-order valence-electron chi connectivity index (χ0n) is 3.66. The van der Waals surface area contributed by atoms with Crippen molar-refractivity contribution >= 4 is 8.18 Å². The molecule has 0 rings (SSSR count). The average Bonchev–Trinajstić information content (AvgIpc) is 1.68. The highest BCUT2D eigenvalue weighted by Gasteiger charge is 1.82. The Morgan fingerprint density at radius 1 is 2.00 bits per heavy atom. The third-order valence-electron chi connectivity index (χ3n) is 0.301. The minimum atomic E-state index is -2.42. The van der Waals surface area contributed by atoms with Crippen LogP contribution in [0.4, 0.5) is 0 Å². The molecule has 0 fully saturated rings. The molecule has 0 aromatic heterocycles. The van der Waals surface area contributed by atoms with Crippen LogP contribution in [0.25, 0.3) is 10.4 Å². The first-order valence-corrected chi connectivity index (χ1v) is 2.70. The number of azide groups is 1. The van der Waals surface area contributed by atoms with Crippen LogP contribution < -0.4 is 0 Å². The van der Waals surface area contributed by atoms with Crippen LogP contribution >= 0.6 is 8.18 Å². The molecule has 0 saturated heterocycles. The minimum Gasteiger partial charge on any atom is -0.329 e. The van der Waals surface area contributed by atoms with E-state index in [1.807, 2.05) is 0 Å². The fourth-order valence-corrected chi connectivity index (χ4v) is 0.232. The molecule has 0 amide bonds. The van der Waals surface area contributed by atoms with E-state index in [1.165, 1.54) is 7.11 Å². The lowest BCUT2D eigenvalue weighted by molar-refractivity contribution is 0.415. The molecule has 0 aliphatic heterocycles. The molecule has 0 spiro atoms. The summed E-state index contributed by atoms with van der Waals surface area (Å²) in [5.74, 6) is 0. The fraction of sp³-hybridized carbons (Fsp3) is 1.00. The molecular weight excluding hydrogens is 117 g/mol. The lowest BCUT2D eigenvalue weighted by atomic mass is 11.8. The summed E-state index contributed by atoms with van der Waals surface area (Å²) in [6.07, 6.45) is 0. The van der Waals surface area contributed by atoms with Gasteiger partial charge in [-0.1, -0.05) is 0 Å². The second kappa shape index (κ2) is 3.68. The monoisotopic (exact) mass is 121 g/mol. The Bertz CT molecular complexity index is 116. The quantitative estimate of drug-likeness (QED) is 0.239. The summed E-state index contributed by atoms with van der Waals surface area (Å²) in [7, 11) is -1.20. The molecule has 0 saturated carbocycles. The van der Waals surface area contributed by atoms with Crippen molar-refractivity contribution in [2.75, 3.05) is 7.11 Å². The van der Waals surface area contributed by atoms with Crippen LogP contribution in [0.15, 0.2) is 4.88 Å². The van der Waals surface area contributed by atoms with Crippen molar-refractivity contribution in [3.8, 4) is 0 Å². The Hall–Kier alpha value is -0.500. The molecule has 0 aliphatic rings. The molecule has 0 aromatic carbocycles. The third-order valence-corrected chi connectivity index (χ3v) is 0.903. The summed E-state index contributed by atoms with van der Waals surface area (Å²) in [6.45, 7) is 0. The van der Waals surface area contributed by atoms with Gasteiger partial charge in [0.1, 0.15) is 0 Å². The second-order valence-corrected chi connectivity index (χ2v) is 1.80. The van der Waals surface area contributed by atoms with Crippen LogP contribution in [0.5, 0.6) is 0 Å². The smallest absolute Gasteiger partial charge is 0.278 e. The van der Waals surface area contributed by atoms with Crippen molar-refractivity contribution in [1.29, 1.82) is 0 Å². The van der Waals surface area contributed by atoms with Crippen LogP contribution in [-0.2, 0) is 9.09 Å². The van der Waals surface area contributed by atoms with E-state index >= 15 is 0 Å². The maximum Gasteiger partial charge on any atom is 0.278 e. The molecule has 0 heterocycles. The Labute approximate surface area is 40.8 Å². The van der Waals surface area contributed by atoms with E-state index in [9.17, 15) is 4.57 Å². The summed E-state index contributed by atoms with van der Waals surface area (Å²) in [5.41, 5.74) is 7.57. The van der Waals surface area contributed by atoms with E-state index < -0.39 is 8.18 Å². The van der Waals surface area contributed by atoms with Gasteiger partial charge in [-0.3, -0.25) is 4.57 Å². The standard InChI is InChI=1S/CH4N3O2P/c1-6-7(5)4-3-2/h7H,1H3. The van der Waals surface area contributed by atoms with Crippen molar-refractivity contribution in [3.05, 3.63) is 10.4 Å². The van der Waals surface area contributed by atoms with Crippen LogP contribution in [-0.4, -0.2) is 7.11 Å². The zero-order valence-corrected chi connectivity index (χ0v) is 4.66. The van der Waals surface area contributed by atoms with Crippen molar-refractivity contribution in [3.63, 3.8) is 0 Å². The molecule has 6 heteroatoms. The summed E-state index contributed by atoms with van der Waals surface area (Å²) in [6, 6.07) is 0. The molecule has 1 atom stereocenters. The highest BCUT2D eigenvalue weighted by Crippen LogP contribution is 2.20. The van der Waals surface area contributed by atoms with Gasteiger partial charge >= 0.3 is 0 Å². The van der Waals surface area contributed by atoms with Gasteiger partial charge in [0, 0.05) is 12.0 Å². The van der Waals surface area contributed by atoms with E-state index in [4.69, 9.17) is 5.53 Å². The minimum absolute atomic E-state index is 1.22. The van der Waals surface area contributed by atoms with Gasteiger partial charge in [0.25, 0.3) is 8.18 Å². The summed E-state index contributed by atoms with van der Waals surface area (Å²) in [4.78, 5) is 4.99. The molecule has 40 valence electrons. The van der Waals surface area contributed by atoms with Gasteiger partial charge in [0.2, 0.25) is 0 Å². The van der Waals surface area contributed by atoms with Crippen molar-refractivity contribution < 1.29 is 9.09 Å². The highest BCUT2D eigenvalue weighted by molar-refractivity contribution is 7.37. The molecule has 0 radical (unpaired) electrons. The summed E-state index contributed by atoms with van der Waals surface area (Å²) < 4.78 is 14.1. The molecule has 0 N–H and O–H groups in total. The van der Waals surface area contributed by atoms with E-state index in [1.54, 1.807) is 0 Å². The molecule has 0 bridgehead atoms. The van der Waals surface area contributed by atoms with Gasteiger partial charge in [-0.05, 0) is 10.4 Å². The average molecular weight is 121 g/mol. The number of nitrogens with zero attached hydrogens (tertiary/aromatic N) is 3. The maximum absolute atomic E-state index is 9.95. The number of hydrogen-bond donors (Lipinski definition) is 0. The Morgan fingerprint density at radius 2 is 2.57 bits per heavy atom. The zero-order chi connectivity index (χ0) is 5.70. The van der Waals surface area contributed by atoms with Crippen LogP contribution in [0.2, 0.25) is 0 Å². The summed E-state index contributed by atoms with van der Waals surface area (Å²) >= 11 is 0. The first-order valence-electron chi connectivity index (χ1n) is 1.44. The van der Waals surface area contributed by atoms with Gasteiger partial charge in [-0.25, -0.2) is 0 Å². The van der Waals surface area contributed by atoms with Crippen LogP contribution in [0.3, 0.4) is 0 Å². The topological polar surface area (TPSA) is 75.1 Å². The highest BCUT2D eigenvalue weighted by atomic mass is 31.1. The van der Waals surface area contributed by atoms with Crippen LogP contribution in [0, 0.1) is 0 Å². The maximum atomic E-state index is 9.95. The van der Waals surface area contributed by atoms with Crippen molar-refractivity contribution in [2.45, 2.75) is 0 Å². The normalized spacial score (nSPS) is 12.1. The lowest BCUT2D eigenvalue weighted by Crippen LogP contribution is -1.55. The van der Waals surface area contributed by atoms with Crippen molar-refractivity contribution in [1.82, 2.24) is 0 Å². The molecular formula is CH4N3O2P. The molecule has 0 aliphatic carbocycles. The van der Waals surface area contributed by atoms with Gasteiger partial charge < -0.3 is 4.52 Å². The Balaban J connectivity index is 3.58. The van der Waals surface area contributed by atoms with Crippen LogP contribution in [0.1, 0.15) is 0 Å². The third kappa shape index (κ3) is 3.33. The number of rotatable bonds is 2.